The van der Waals surface area contributed by atoms with Gasteiger partial charge in [0.15, 0.2) is 5.78 Å². The molecule has 0 amide bonds. The summed E-state index contributed by atoms with van der Waals surface area (Å²) < 4.78 is 14.1. The molecular weight excluding hydrogens is 560 g/mol. The Hall–Kier alpha value is -3.72. The predicted molar refractivity (Wildman–Crippen MR) is 150 cm³/mol. The first-order valence-electron chi connectivity index (χ1n) is 13.0. The Morgan fingerprint density at radius 2 is 1.85 bits per heavy atom. The summed E-state index contributed by atoms with van der Waals surface area (Å²) in [5, 5.41) is 11.8. The maximum Gasteiger partial charge on any atom is 0.336 e. The summed E-state index contributed by atoms with van der Waals surface area (Å²) in [5.41, 5.74) is 5.02. The number of ketones is 1. The fraction of sp³-hybridized carbons (Fsp3) is 0.333. The maximum atomic E-state index is 13.4. The number of ether oxygens (including phenoxy) is 2. The first-order chi connectivity index (χ1) is 18.6. The lowest BCUT2D eigenvalue weighted by atomic mass is 9.68. The van der Waals surface area contributed by atoms with Crippen molar-refractivity contribution >= 4 is 27.7 Å². The van der Waals surface area contributed by atoms with Crippen molar-refractivity contribution in [3.63, 3.8) is 0 Å². The monoisotopic (exact) mass is 590 g/mol. The highest BCUT2D eigenvalue weighted by atomic mass is 79.9. The molecule has 0 bridgehead atoms. The van der Waals surface area contributed by atoms with Crippen molar-refractivity contribution < 1.29 is 19.1 Å². The molecule has 2 heterocycles. The SMILES string of the molecule is CCOC(=O)C1=C(C)NC2=C(C(=O)CC(C)(C)C2)C1c1ccc(OCc2cn(-c3ccc(Br)cc3)nn2)cc1. The lowest BCUT2D eigenvalue weighted by molar-refractivity contribution is -0.138. The van der Waals surface area contributed by atoms with Gasteiger partial charge in [0.1, 0.15) is 18.1 Å². The van der Waals surface area contributed by atoms with Crippen LogP contribution in [0.1, 0.15) is 57.7 Å². The third-order valence-corrected chi connectivity index (χ3v) is 7.50. The summed E-state index contributed by atoms with van der Waals surface area (Å²) in [6.07, 6.45) is 3.00. The molecule has 0 radical (unpaired) electrons. The second-order valence-corrected chi connectivity index (χ2v) is 11.6. The number of hydrogen-bond donors (Lipinski definition) is 1. The molecule has 1 aliphatic heterocycles. The topological polar surface area (TPSA) is 95.3 Å². The van der Waals surface area contributed by atoms with Crippen LogP contribution in [0.2, 0.25) is 0 Å². The zero-order valence-corrected chi connectivity index (χ0v) is 24.0. The molecule has 0 spiro atoms. The van der Waals surface area contributed by atoms with Crippen LogP contribution in [-0.2, 0) is 20.9 Å². The van der Waals surface area contributed by atoms with Crippen LogP contribution in [0.4, 0.5) is 0 Å². The molecular formula is C30H31BrN4O4. The Balaban J connectivity index is 1.38. The Morgan fingerprint density at radius 1 is 1.13 bits per heavy atom. The van der Waals surface area contributed by atoms with E-state index in [1.807, 2.05) is 61.7 Å². The van der Waals surface area contributed by atoms with Gasteiger partial charge in [-0.2, -0.15) is 0 Å². The molecule has 39 heavy (non-hydrogen) atoms. The van der Waals surface area contributed by atoms with E-state index in [2.05, 4.69) is 45.4 Å². The van der Waals surface area contributed by atoms with E-state index < -0.39 is 11.9 Å². The summed E-state index contributed by atoms with van der Waals surface area (Å²) >= 11 is 3.44. The van der Waals surface area contributed by atoms with E-state index in [0.717, 1.165) is 33.5 Å². The smallest absolute Gasteiger partial charge is 0.336 e. The van der Waals surface area contributed by atoms with E-state index in [-0.39, 0.29) is 24.4 Å². The van der Waals surface area contributed by atoms with Crippen molar-refractivity contribution in [2.75, 3.05) is 6.61 Å². The van der Waals surface area contributed by atoms with Crippen LogP contribution in [0.3, 0.4) is 0 Å². The zero-order valence-electron chi connectivity index (χ0n) is 22.5. The standard InChI is InChI=1S/C30H31BrN4O4/c1-5-38-29(37)26-18(2)32-24-14-30(3,4)15-25(36)28(24)27(26)19-6-12-23(13-7-19)39-17-21-16-35(34-33-21)22-10-8-20(31)9-11-22/h6-13,16,27,32H,5,14-15,17H2,1-4H3. The number of hydrogen-bond acceptors (Lipinski definition) is 7. The van der Waals surface area contributed by atoms with Gasteiger partial charge in [0.25, 0.3) is 0 Å². The van der Waals surface area contributed by atoms with Gasteiger partial charge in [0, 0.05) is 33.8 Å². The summed E-state index contributed by atoms with van der Waals surface area (Å²) in [7, 11) is 0. The molecule has 0 fully saturated rings. The van der Waals surface area contributed by atoms with Gasteiger partial charge in [0.05, 0.1) is 24.1 Å². The summed E-state index contributed by atoms with van der Waals surface area (Å²) in [4.78, 5) is 26.4. The van der Waals surface area contributed by atoms with Gasteiger partial charge in [-0.1, -0.05) is 47.1 Å². The lowest BCUT2D eigenvalue weighted by Crippen LogP contribution is -2.38. The van der Waals surface area contributed by atoms with Gasteiger partial charge in [-0.25, -0.2) is 9.48 Å². The number of nitrogens with one attached hydrogen (secondary N) is 1. The van der Waals surface area contributed by atoms with Crippen molar-refractivity contribution in [2.45, 2.75) is 53.1 Å². The molecule has 5 rings (SSSR count). The minimum Gasteiger partial charge on any atom is -0.487 e. The highest BCUT2D eigenvalue weighted by Crippen LogP contribution is 2.47. The van der Waals surface area contributed by atoms with E-state index in [9.17, 15) is 9.59 Å². The van der Waals surface area contributed by atoms with Crippen LogP contribution in [0.15, 0.2) is 81.7 Å². The fourth-order valence-electron chi connectivity index (χ4n) is 5.25. The number of esters is 1. The van der Waals surface area contributed by atoms with E-state index in [1.165, 1.54) is 0 Å². The molecule has 0 saturated carbocycles. The molecule has 8 nitrogen and oxygen atoms in total. The number of carbonyl (C=O) groups is 2. The Labute approximate surface area is 236 Å². The summed E-state index contributed by atoms with van der Waals surface area (Å²) in [6.45, 7) is 8.34. The van der Waals surface area contributed by atoms with E-state index in [4.69, 9.17) is 9.47 Å². The van der Waals surface area contributed by atoms with E-state index in [1.54, 1.807) is 11.6 Å². The zero-order chi connectivity index (χ0) is 27.7. The van der Waals surface area contributed by atoms with Crippen molar-refractivity contribution in [3.05, 3.63) is 93.0 Å². The summed E-state index contributed by atoms with van der Waals surface area (Å²) in [6, 6.07) is 15.3. The molecule has 3 aromatic rings. The number of halogens is 1. The molecule has 0 saturated heterocycles. The number of Topliss-reactive ketones (excluding diaryl/α,β-unsaturated/α-hetero) is 1. The summed E-state index contributed by atoms with van der Waals surface area (Å²) in [5.74, 6) is -0.202. The lowest BCUT2D eigenvalue weighted by Gasteiger charge is -2.39. The van der Waals surface area contributed by atoms with Gasteiger partial charge in [-0.3, -0.25) is 4.79 Å². The molecule has 1 unspecified atom stereocenters. The molecule has 1 aliphatic carbocycles. The Bertz CT molecular complexity index is 1470. The van der Waals surface area contributed by atoms with Crippen LogP contribution in [0.5, 0.6) is 5.75 Å². The highest BCUT2D eigenvalue weighted by molar-refractivity contribution is 9.10. The predicted octanol–water partition coefficient (Wildman–Crippen LogP) is 5.78. The molecule has 9 heteroatoms. The quantitative estimate of drug-likeness (QED) is 0.349. The number of benzene rings is 2. The van der Waals surface area contributed by atoms with Crippen LogP contribution in [0.25, 0.3) is 5.69 Å². The second-order valence-electron chi connectivity index (χ2n) is 10.6. The Kier molecular flexibility index (Phi) is 7.44. The van der Waals surface area contributed by atoms with Gasteiger partial charge in [-0.05, 0) is 67.6 Å². The molecule has 1 atom stereocenters. The number of allylic oxidation sites excluding steroid dienone is 3. The first kappa shape index (κ1) is 26.9. The molecule has 2 aromatic carbocycles. The number of nitrogens with zero attached hydrogens (tertiary/aromatic N) is 3. The minimum absolute atomic E-state index is 0.0576. The van der Waals surface area contributed by atoms with Crippen molar-refractivity contribution in [2.24, 2.45) is 5.41 Å². The van der Waals surface area contributed by atoms with E-state index >= 15 is 0 Å². The van der Waals surface area contributed by atoms with Gasteiger partial charge < -0.3 is 14.8 Å². The van der Waals surface area contributed by atoms with Gasteiger partial charge >= 0.3 is 5.97 Å². The maximum absolute atomic E-state index is 13.4. The van der Waals surface area contributed by atoms with Crippen molar-refractivity contribution in [1.82, 2.24) is 20.3 Å². The molecule has 2 aliphatic rings. The third kappa shape index (κ3) is 5.68. The second kappa shape index (κ2) is 10.8. The van der Waals surface area contributed by atoms with Crippen LogP contribution >= 0.6 is 15.9 Å². The fourth-order valence-corrected chi connectivity index (χ4v) is 5.51. The highest BCUT2D eigenvalue weighted by Gasteiger charge is 2.43. The normalized spacial score (nSPS) is 18.5. The molecule has 202 valence electrons. The van der Waals surface area contributed by atoms with E-state index in [0.29, 0.717) is 29.0 Å². The van der Waals surface area contributed by atoms with Crippen LogP contribution < -0.4 is 10.1 Å². The van der Waals surface area contributed by atoms with Crippen LogP contribution in [-0.4, -0.2) is 33.4 Å². The van der Waals surface area contributed by atoms with Crippen molar-refractivity contribution in [1.29, 1.82) is 0 Å². The van der Waals surface area contributed by atoms with Gasteiger partial charge in [-0.15, -0.1) is 5.10 Å². The number of aromatic nitrogens is 3. The molecule has 1 N–H and O–H groups in total. The largest absolute Gasteiger partial charge is 0.487 e. The number of dihydropyridines is 1. The average Bonchev–Trinajstić information content (AvgIpc) is 3.36. The van der Waals surface area contributed by atoms with Crippen molar-refractivity contribution in [3.8, 4) is 11.4 Å². The number of rotatable bonds is 7. The average molecular weight is 592 g/mol. The number of carbonyl (C=O) groups excluding carboxylic acids is 2. The minimum atomic E-state index is -0.497. The first-order valence-corrected chi connectivity index (χ1v) is 13.8. The Morgan fingerprint density at radius 3 is 2.54 bits per heavy atom. The molecule has 1 aromatic heterocycles. The van der Waals surface area contributed by atoms with Crippen LogP contribution in [0, 0.1) is 5.41 Å². The van der Waals surface area contributed by atoms with Gasteiger partial charge in [0.2, 0.25) is 0 Å². The third-order valence-electron chi connectivity index (χ3n) is 6.97.